The number of hydrogen-bond donors (Lipinski definition) is 2. The number of nitrogens with zero attached hydrogens (tertiary/aromatic N) is 3. The Kier molecular flexibility index (Phi) is 7.79. The van der Waals surface area contributed by atoms with Crippen LogP contribution in [-0.2, 0) is 4.74 Å². The van der Waals surface area contributed by atoms with Crippen molar-refractivity contribution in [3.05, 3.63) is 58.9 Å². The molecule has 1 aromatic heterocycles. The third kappa shape index (κ3) is 6.03. The highest BCUT2D eigenvalue weighted by Gasteiger charge is 2.25. The molecule has 0 bridgehead atoms. The zero-order valence-corrected chi connectivity index (χ0v) is 20.6. The second-order valence-corrected chi connectivity index (χ2v) is 9.72. The van der Waals surface area contributed by atoms with Gasteiger partial charge in [0, 0.05) is 31.4 Å². The summed E-state index contributed by atoms with van der Waals surface area (Å²) in [6, 6.07) is 11.4. The van der Waals surface area contributed by atoms with Crippen LogP contribution in [0.3, 0.4) is 0 Å². The monoisotopic (exact) mass is 513 g/mol. The van der Waals surface area contributed by atoms with Gasteiger partial charge in [-0.05, 0) is 61.9 Å². The van der Waals surface area contributed by atoms with Crippen LogP contribution in [0, 0.1) is 11.7 Å². The Balaban J connectivity index is 1.15. The average molecular weight is 514 g/mol. The summed E-state index contributed by atoms with van der Waals surface area (Å²) < 4.78 is 25.1. The Morgan fingerprint density at radius 3 is 2.61 bits per heavy atom. The van der Waals surface area contributed by atoms with Crippen LogP contribution < -0.4 is 10.6 Å². The van der Waals surface area contributed by atoms with Gasteiger partial charge in [0.1, 0.15) is 5.82 Å². The van der Waals surface area contributed by atoms with Crippen LogP contribution in [0.2, 0.25) is 5.02 Å². The molecule has 0 atom stereocenters. The Bertz CT molecular complexity index is 1190. The number of aromatic nitrogens is 2. The zero-order chi connectivity index (χ0) is 24.9. The summed E-state index contributed by atoms with van der Waals surface area (Å²) in [6.45, 7) is 4.89. The quantitative estimate of drug-likeness (QED) is 0.455. The fraction of sp³-hybridized carbons (Fsp3) is 0.423. The van der Waals surface area contributed by atoms with Crippen LogP contribution >= 0.6 is 11.6 Å². The largest absolute Gasteiger partial charge is 0.403 e. The van der Waals surface area contributed by atoms with E-state index in [0.29, 0.717) is 28.3 Å². The number of carbonyl (C=O) groups excluding carboxylic acids is 1. The van der Waals surface area contributed by atoms with Crippen molar-refractivity contribution in [3.63, 3.8) is 0 Å². The molecule has 190 valence electrons. The van der Waals surface area contributed by atoms with E-state index in [-0.39, 0.29) is 11.5 Å². The van der Waals surface area contributed by atoms with E-state index in [2.05, 4.69) is 25.7 Å². The Morgan fingerprint density at radius 2 is 1.86 bits per heavy atom. The highest BCUT2D eigenvalue weighted by atomic mass is 35.5. The molecule has 0 spiro atoms. The molecular weight excluding hydrogens is 485 g/mol. The maximum absolute atomic E-state index is 13.9. The maximum Gasteiger partial charge on any atom is 0.315 e. The van der Waals surface area contributed by atoms with Gasteiger partial charge >= 0.3 is 6.01 Å². The van der Waals surface area contributed by atoms with Gasteiger partial charge in [0.15, 0.2) is 0 Å². The molecule has 0 unspecified atom stereocenters. The van der Waals surface area contributed by atoms with Crippen LogP contribution in [0.1, 0.15) is 36.0 Å². The summed E-state index contributed by atoms with van der Waals surface area (Å²) in [5.74, 6) is -0.138. The molecule has 2 aliphatic rings. The van der Waals surface area contributed by atoms with Crippen molar-refractivity contribution in [1.29, 1.82) is 0 Å². The van der Waals surface area contributed by atoms with Crippen molar-refractivity contribution < 1.29 is 18.3 Å². The summed E-state index contributed by atoms with van der Waals surface area (Å²) in [5, 5.41) is 14.6. The van der Waals surface area contributed by atoms with Gasteiger partial charge in [-0.15, -0.1) is 5.10 Å². The van der Waals surface area contributed by atoms with Gasteiger partial charge in [0.2, 0.25) is 0 Å². The zero-order valence-electron chi connectivity index (χ0n) is 19.9. The first kappa shape index (κ1) is 24.7. The number of carbonyl (C=O) groups is 1. The smallest absolute Gasteiger partial charge is 0.315 e. The lowest BCUT2D eigenvalue weighted by Gasteiger charge is -2.34. The van der Waals surface area contributed by atoms with Gasteiger partial charge in [-0.3, -0.25) is 9.69 Å². The third-order valence-corrected chi connectivity index (χ3v) is 7.11. The number of rotatable bonds is 7. The summed E-state index contributed by atoms with van der Waals surface area (Å²) >= 11 is 6.44. The number of amides is 1. The molecule has 3 aromatic rings. The molecule has 2 N–H and O–H groups in total. The molecule has 2 aromatic carbocycles. The molecule has 2 fully saturated rings. The highest BCUT2D eigenvalue weighted by Crippen LogP contribution is 2.32. The van der Waals surface area contributed by atoms with Gasteiger partial charge in [0.25, 0.3) is 11.8 Å². The van der Waals surface area contributed by atoms with E-state index in [1.54, 1.807) is 24.3 Å². The third-order valence-electron chi connectivity index (χ3n) is 6.80. The standard InChI is InChI=1S/C26H29ClFN5O3/c27-22-15-19(29-24(34)21-3-1-2-4-23(21)28)9-10-20(22)25-31-32-26(36-25)30-18-7-5-17(6-8-18)16-33-11-13-35-14-12-33/h1-4,9-10,15,17-18H,5-8,11-14,16H2,(H,29,34)(H,30,32). The van der Waals surface area contributed by atoms with E-state index in [4.69, 9.17) is 20.8 Å². The van der Waals surface area contributed by atoms with Crippen LogP contribution in [0.15, 0.2) is 46.9 Å². The minimum Gasteiger partial charge on any atom is -0.403 e. The van der Waals surface area contributed by atoms with Gasteiger partial charge in [-0.2, -0.15) is 0 Å². The molecule has 36 heavy (non-hydrogen) atoms. The lowest BCUT2D eigenvalue weighted by Crippen LogP contribution is -2.40. The fourth-order valence-corrected chi connectivity index (χ4v) is 5.07. The number of morpholine rings is 1. The van der Waals surface area contributed by atoms with Crippen molar-refractivity contribution >= 4 is 29.2 Å². The first-order valence-electron chi connectivity index (χ1n) is 12.3. The topological polar surface area (TPSA) is 92.5 Å². The van der Waals surface area contributed by atoms with E-state index in [1.807, 2.05) is 0 Å². The number of ether oxygens (including phenoxy) is 1. The summed E-state index contributed by atoms with van der Waals surface area (Å²) in [5.41, 5.74) is 0.944. The normalized spacial score (nSPS) is 20.7. The Hall–Kier alpha value is -3.01. The molecule has 8 nitrogen and oxygen atoms in total. The predicted molar refractivity (Wildman–Crippen MR) is 136 cm³/mol. The second-order valence-electron chi connectivity index (χ2n) is 9.32. The number of nitrogens with one attached hydrogen (secondary N) is 2. The van der Waals surface area contributed by atoms with E-state index in [1.165, 1.54) is 31.0 Å². The predicted octanol–water partition coefficient (Wildman–Crippen LogP) is 5.08. The van der Waals surface area contributed by atoms with Crippen molar-refractivity contribution in [1.82, 2.24) is 15.1 Å². The first-order valence-corrected chi connectivity index (χ1v) is 12.7. The van der Waals surface area contributed by atoms with E-state index < -0.39 is 11.7 Å². The Morgan fingerprint density at radius 1 is 1.08 bits per heavy atom. The first-order chi connectivity index (χ1) is 17.5. The average Bonchev–Trinajstić information content (AvgIpc) is 3.34. The Labute approximate surface area is 214 Å². The maximum atomic E-state index is 13.9. The van der Waals surface area contributed by atoms with Gasteiger partial charge < -0.3 is 19.8 Å². The molecule has 1 amide bonds. The fourth-order valence-electron chi connectivity index (χ4n) is 4.81. The van der Waals surface area contributed by atoms with Gasteiger partial charge in [-0.25, -0.2) is 4.39 Å². The molecule has 1 aliphatic carbocycles. The molecule has 0 radical (unpaired) electrons. The molecule has 1 saturated carbocycles. The van der Waals surface area contributed by atoms with Crippen molar-refractivity contribution in [3.8, 4) is 11.5 Å². The molecule has 10 heteroatoms. The molecule has 1 saturated heterocycles. The van der Waals surface area contributed by atoms with E-state index in [9.17, 15) is 9.18 Å². The van der Waals surface area contributed by atoms with E-state index >= 15 is 0 Å². The molecule has 5 rings (SSSR count). The summed E-state index contributed by atoms with van der Waals surface area (Å²) in [7, 11) is 0. The number of benzene rings is 2. The van der Waals surface area contributed by atoms with Gasteiger partial charge in [0.05, 0.1) is 29.4 Å². The minimum absolute atomic E-state index is 0.0413. The van der Waals surface area contributed by atoms with Gasteiger partial charge in [-0.1, -0.05) is 28.8 Å². The van der Waals surface area contributed by atoms with E-state index in [0.717, 1.165) is 51.6 Å². The number of anilines is 2. The number of halogens is 2. The molecule has 1 aliphatic heterocycles. The molecular formula is C26H29ClFN5O3. The van der Waals surface area contributed by atoms with Crippen molar-refractivity contribution in [2.45, 2.75) is 31.7 Å². The second kappa shape index (κ2) is 11.4. The van der Waals surface area contributed by atoms with Crippen LogP contribution in [0.5, 0.6) is 0 Å². The molecule has 2 heterocycles. The van der Waals surface area contributed by atoms with Crippen LogP contribution in [0.25, 0.3) is 11.5 Å². The lowest BCUT2D eigenvalue weighted by molar-refractivity contribution is 0.0276. The summed E-state index contributed by atoms with van der Waals surface area (Å²) in [6.07, 6.45) is 4.46. The van der Waals surface area contributed by atoms with Crippen LogP contribution in [-0.4, -0.2) is 59.9 Å². The van der Waals surface area contributed by atoms with Crippen LogP contribution in [0.4, 0.5) is 16.1 Å². The summed E-state index contributed by atoms with van der Waals surface area (Å²) in [4.78, 5) is 14.9. The number of hydrogen-bond acceptors (Lipinski definition) is 7. The van der Waals surface area contributed by atoms with Crippen molar-refractivity contribution in [2.75, 3.05) is 43.5 Å². The SMILES string of the molecule is O=C(Nc1ccc(-c2nnc(NC3CCC(CN4CCOCC4)CC3)o2)c(Cl)c1)c1ccccc1F. The van der Waals surface area contributed by atoms with Crippen molar-refractivity contribution in [2.24, 2.45) is 5.92 Å². The highest BCUT2D eigenvalue weighted by molar-refractivity contribution is 6.33. The lowest BCUT2D eigenvalue weighted by atomic mass is 9.85. The minimum atomic E-state index is -0.589.